The highest BCUT2D eigenvalue weighted by atomic mass is 14.2. The molecule has 0 saturated carbocycles. The fourth-order valence-electron chi connectivity index (χ4n) is 1.05. The second-order valence-corrected chi connectivity index (χ2v) is 2.54. The molecule has 1 aromatic rings. The number of nitriles is 1. The van der Waals surface area contributed by atoms with Gasteiger partial charge in [0.15, 0.2) is 0 Å². The van der Waals surface area contributed by atoms with Gasteiger partial charge in [0.05, 0.1) is 11.6 Å². The lowest BCUT2D eigenvalue weighted by molar-refractivity contribution is 1.24. The monoisotopic (exact) mass is 157 g/mol. The molecule has 0 unspecified atom stereocenters. The highest BCUT2D eigenvalue weighted by Gasteiger charge is 1.96. The third kappa shape index (κ3) is 1.96. The van der Waals surface area contributed by atoms with Crippen molar-refractivity contribution in [2.75, 3.05) is 0 Å². The molecule has 1 aromatic carbocycles. The number of hydrogen-bond acceptors (Lipinski definition) is 1. The van der Waals surface area contributed by atoms with Crippen LogP contribution in [0, 0.1) is 11.3 Å². The van der Waals surface area contributed by atoms with Crippen molar-refractivity contribution in [1.82, 2.24) is 0 Å². The Kier molecular flexibility index (Phi) is 3.10. The van der Waals surface area contributed by atoms with E-state index in [4.69, 9.17) is 5.26 Å². The van der Waals surface area contributed by atoms with Crippen LogP contribution in [0.3, 0.4) is 0 Å². The normalized spacial score (nSPS) is 10.0. The molecule has 0 aromatic heterocycles. The van der Waals surface area contributed by atoms with Crippen molar-refractivity contribution in [3.8, 4) is 6.07 Å². The molecule has 0 saturated heterocycles. The number of nitrogens with zero attached hydrogens (tertiary/aromatic N) is 1. The first-order valence-electron chi connectivity index (χ1n) is 3.97. The summed E-state index contributed by atoms with van der Waals surface area (Å²) in [6, 6.07) is 9.85. The Morgan fingerprint density at radius 1 is 1.42 bits per heavy atom. The van der Waals surface area contributed by atoms with Gasteiger partial charge in [-0.1, -0.05) is 30.4 Å². The van der Waals surface area contributed by atoms with Gasteiger partial charge in [-0.15, -0.1) is 0 Å². The quantitative estimate of drug-likeness (QED) is 0.605. The van der Waals surface area contributed by atoms with E-state index in [1.807, 2.05) is 37.3 Å². The molecule has 0 fully saturated rings. The van der Waals surface area contributed by atoms with Crippen LogP contribution in [0.25, 0.3) is 0 Å². The Morgan fingerprint density at radius 2 is 2.17 bits per heavy atom. The molecule has 0 bridgehead atoms. The van der Waals surface area contributed by atoms with Gasteiger partial charge in [-0.05, 0) is 25.0 Å². The maximum absolute atomic E-state index is 8.74. The summed E-state index contributed by atoms with van der Waals surface area (Å²) in [5, 5.41) is 8.74. The summed E-state index contributed by atoms with van der Waals surface area (Å²) >= 11 is 0. The predicted octanol–water partition coefficient (Wildman–Crippen LogP) is 2.68. The molecule has 0 radical (unpaired) electrons. The van der Waals surface area contributed by atoms with Gasteiger partial charge in [-0.3, -0.25) is 0 Å². The van der Waals surface area contributed by atoms with Crippen molar-refractivity contribution >= 4 is 0 Å². The molecule has 12 heavy (non-hydrogen) atoms. The lowest BCUT2D eigenvalue weighted by Crippen LogP contribution is -1.86. The number of rotatable bonds is 2. The summed E-state index contributed by atoms with van der Waals surface area (Å²) in [6.07, 6.45) is 4.89. The van der Waals surface area contributed by atoms with Crippen LogP contribution in [0.5, 0.6) is 0 Å². The second-order valence-electron chi connectivity index (χ2n) is 2.54. The highest BCUT2D eigenvalue weighted by Crippen LogP contribution is 2.08. The van der Waals surface area contributed by atoms with E-state index in [1.165, 1.54) is 0 Å². The van der Waals surface area contributed by atoms with Gasteiger partial charge in [0.25, 0.3) is 0 Å². The van der Waals surface area contributed by atoms with Gasteiger partial charge in [0, 0.05) is 0 Å². The van der Waals surface area contributed by atoms with E-state index in [0.29, 0.717) is 0 Å². The van der Waals surface area contributed by atoms with E-state index in [0.717, 1.165) is 17.5 Å². The predicted molar refractivity (Wildman–Crippen MR) is 49.7 cm³/mol. The van der Waals surface area contributed by atoms with Gasteiger partial charge in [0.1, 0.15) is 0 Å². The lowest BCUT2D eigenvalue weighted by atomic mass is 10.1. The SMILES string of the molecule is CC=CCc1ccccc1C#N. The molecule has 0 amide bonds. The van der Waals surface area contributed by atoms with Crippen molar-refractivity contribution in [3.63, 3.8) is 0 Å². The first-order valence-corrected chi connectivity index (χ1v) is 3.97. The zero-order valence-electron chi connectivity index (χ0n) is 7.12. The molecule has 0 spiro atoms. The minimum atomic E-state index is 0.774. The fourth-order valence-corrected chi connectivity index (χ4v) is 1.05. The number of benzene rings is 1. The van der Waals surface area contributed by atoms with Crippen LogP contribution in [0.2, 0.25) is 0 Å². The molecular weight excluding hydrogens is 146 g/mol. The summed E-state index contributed by atoms with van der Waals surface area (Å²) in [5.41, 5.74) is 1.87. The minimum absolute atomic E-state index is 0.774. The summed E-state index contributed by atoms with van der Waals surface area (Å²) in [6.45, 7) is 1.98. The maximum Gasteiger partial charge on any atom is 0.0994 e. The molecule has 0 N–H and O–H groups in total. The molecule has 0 atom stereocenters. The first kappa shape index (κ1) is 8.55. The molecule has 1 nitrogen and oxygen atoms in total. The molecule has 0 heterocycles. The fraction of sp³-hybridized carbons (Fsp3) is 0.182. The van der Waals surface area contributed by atoms with Crippen molar-refractivity contribution in [2.24, 2.45) is 0 Å². The molecule has 0 aliphatic rings. The molecule has 1 rings (SSSR count). The summed E-state index contributed by atoms with van der Waals surface area (Å²) in [4.78, 5) is 0. The van der Waals surface area contributed by atoms with Crippen molar-refractivity contribution in [1.29, 1.82) is 5.26 Å². The van der Waals surface area contributed by atoms with Crippen LogP contribution in [0.4, 0.5) is 0 Å². The third-order valence-electron chi connectivity index (χ3n) is 1.71. The van der Waals surface area contributed by atoms with E-state index in [1.54, 1.807) is 0 Å². The smallest absolute Gasteiger partial charge is 0.0994 e. The number of allylic oxidation sites excluding steroid dienone is 2. The minimum Gasteiger partial charge on any atom is -0.192 e. The summed E-state index contributed by atoms with van der Waals surface area (Å²) in [5.74, 6) is 0. The van der Waals surface area contributed by atoms with Crippen LogP contribution in [0.1, 0.15) is 18.1 Å². The van der Waals surface area contributed by atoms with E-state index < -0.39 is 0 Å². The van der Waals surface area contributed by atoms with Gasteiger partial charge >= 0.3 is 0 Å². The first-order chi connectivity index (χ1) is 5.88. The lowest BCUT2D eigenvalue weighted by Gasteiger charge is -1.97. The van der Waals surface area contributed by atoms with Crippen molar-refractivity contribution < 1.29 is 0 Å². The zero-order valence-corrected chi connectivity index (χ0v) is 7.12. The van der Waals surface area contributed by atoms with Crippen LogP contribution >= 0.6 is 0 Å². The maximum atomic E-state index is 8.74. The third-order valence-corrected chi connectivity index (χ3v) is 1.71. The standard InChI is InChI=1S/C11H11N/c1-2-3-6-10-7-4-5-8-11(10)9-12/h2-5,7-8H,6H2,1H3. The second kappa shape index (κ2) is 4.35. The van der Waals surface area contributed by atoms with Crippen molar-refractivity contribution in [2.45, 2.75) is 13.3 Å². The van der Waals surface area contributed by atoms with Crippen LogP contribution < -0.4 is 0 Å². The van der Waals surface area contributed by atoms with Crippen LogP contribution in [0.15, 0.2) is 36.4 Å². The van der Waals surface area contributed by atoms with E-state index >= 15 is 0 Å². The highest BCUT2D eigenvalue weighted by molar-refractivity contribution is 5.38. The van der Waals surface area contributed by atoms with Gasteiger partial charge in [-0.2, -0.15) is 5.26 Å². The van der Waals surface area contributed by atoms with Crippen LogP contribution in [-0.4, -0.2) is 0 Å². The topological polar surface area (TPSA) is 23.8 Å². The van der Waals surface area contributed by atoms with Crippen LogP contribution in [-0.2, 0) is 6.42 Å². The van der Waals surface area contributed by atoms with E-state index in [-0.39, 0.29) is 0 Å². The summed E-state index contributed by atoms with van der Waals surface area (Å²) in [7, 11) is 0. The molecule has 1 heteroatoms. The van der Waals surface area contributed by atoms with Crippen molar-refractivity contribution in [3.05, 3.63) is 47.5 Å². The zero-order chi connectivity index (χ0) is 8.81. The summed E-state index contributed by atoms with van der Waals surface area (Å²) < 4.78 is 0. The Labute approximate surface area is 73.0 Å². The number of hydrogen-bond donors (Lipinski definition) is 0. The Balaban J connectivity index is 2.91. The van der Waals surface area contributed by atoms with Gasteiger partial charge in [-0.25, -0.2) is 0 Å². The van der Waals surface area contributed by atoms with Gasteiger partial charge in [0.2, 0.25) is 0 Å². The van der Waals surface area contributed by atoms with E-state index in [9.17, 15) is 0 Å². The largest absolute Gasteiger partial charge is 0.192 e. The van der Waals surface area contributed by atoms with E-state index in [2.05, 4.69) is 12.1 Å². The average Bonchev–Trinajstić information content (AvgIpc) is 2.15. The molecule has 60 valence electrons. The Hall–Kier alpha value is -1.55. The molecule has 0 aliphatic heterocycles. The Morgan fingerprint density at radius 3 is 2.83 bits per heavy atom. The molecular formula is C11H11N. The van der Waals surface area contributed by atoms with Gasteiger partial charge < -0.3 is 0 Å². The average molecular weight is 157 g/mol. The molecule has 0 aliphatic carbocycles. The Bertz CT molecular complexity index is 318.